The van der Waals surface area contributed by atoms with Crippen LogP contribution in [0, 0.1) is 0 Å². The minimum absolute atomic E-state index is 0.0987. The predicted octanol–water partition coefficient (Wildman–Crippen LogP) is 3.27. The van der Waals surface area contributed by atoms with Crippen LogP contribution < -0.4 is 10.7 Å². The number of pyridine rings is 2. The van der Waals surface area contributed by atoms with E-state index in [1.807, 2.05) is 12.1 Å². The first-order valence-electron chi connectivity index (χ1n) is 12.6. The molecular weight excluding hydrogens is 488 g/mol. The van der Waals surface area contributed by atoms with E-state index in [2.05, 4.69) is 39.5 Å². The number of fused-ring (bicyclic) bond motifs is 5. The fraction of sp³-hybridized carbons (Fsp3) is 0.429. The lowest BCUT2D eigenvalue weighted by atomic mass is 9.86. The average molecular weight is 521 g/mol. The Morgan fingerprint density at radius 1 is 1.27 bits per heavy atom. The van der Waals surface area contributed by atoms with E-state index in [4.69, 9.17) is 14.5 Å². The van der Waals surface area contributed by atoms with Crippen molar-refractivity contribution in [1.29, 1.82) is 0 Å². The molecule has 0 aliphatic carbocycles. The van der Waals surface area contributed by atoms with Gasteiger partial charge < -0.3 is 19.1 Å². The van der Waals surface area contributed by atoms with Gasteiger partial charge in [-0.15, -0.1) is 0 Å². The van der Waals surface area contributed by atoms with Crippen LogP contribution in [0.3, 0.4) is 0 Å². The van der Waals surface area contributed by atoms with Gasteiger partial charge in [-0.2, -0.15) is 0 Å². The molecule has 1 N–H and O–H groups in total. The quantitative estimate of drug-likeness (QED) is 0.325. The first-order valence-corrected chi connectivity index (χ1v) is 15.3. The van der Waals surface area contributed by atoms with Gasteiger partial charge in [0.15, 0.2) is 5.60 Å². The van der Waals surface area contributed by atoms with E-state index in [0.717, 1.165) is 21.7 Å². The summed E-state index contributed by atoms with van der Waals surface area (Å²) in [6, 6.07) is 9.85. The number of carbonyl (C=O) groups is 2. The molecule has 0 saturated carbocycles. The molecule has 3 aromatic rings. The summed E-state index contributed by atoms with van der Waals surface area (Å²) in [6.45, 7) is 12.1. The highest BCUT2D eigenvalue weighted by Crippen LogP contribution is 2.40. The summed E-state index contributed by atoms with van der Waals surface area (Å²) in [5, 5.41) is 13.1. The Morgan fingerprint density at radius 2 is 2.00 bits per heavy atom. The molecule has 194 valence electrons. The molecule has 4 heterocycles. The van der Waals surface area contributed by atoms with Crippen LogP contribution in [0.1, 0.15) is 57.7 Å². The maximum atomic E-state index is 13.5. The number of aromatic nitrogens is 2. The molecule has 0 spiro atoms. The van der Waals surface area contributed by atoms with E-state index in [0.29, 0.717) is 35.3 Å². The maximum absolute atomic E-state index is 13.5. The van der Waals surface area contributed by atoms with E-state index >= 15 is 0 Å². The molecular formula is C28H32N2O6Si. The number of rotatable bonds is 4. The molecule has 0 fully saturated rings. The van der Waals surface area contributed by atoms with Crippen molar-refractivity contribution in [3.8, 4) is 11.4 Å². The summed E-state index contributed by atoms with van der Waals surface area (Å²) in [7, 11) is -2.37. The van der Waals surface area contributed by atoms with Gasteiger partial charge in [0.05, 0.1) is 35.2 Å². The third kappa shape index (κ3) is 3.66. The van der Waals surface area contributed by atoms with Gasteiger partial charge in [-0.1, -0.05) is 46.4 Å². The van der Waals surface area contributed by atoms with Crippen LogP contribution in [0.2, 0.25) is 11.6 Å². The monoisotopic (exact) mass is 520 g/mol. The average Bonchev–Trinajstić information content (AvgIpc) is 3.20. The number of ether oxygens (including phenoxy) is 2. The second-order valence-electron chi connectivity index (χ2n) is 11.3. The Labute approximate surface area is 216 Å². The molecule has 2 atom stereocenters. The van der Waals surface area contributed by atoms with Gasteiger partial charge in [-0.05, 0) is 40.2 Å². The SMILES string of the molecule is CC[C@@]1(O)C(=O)OCc2c1cc1n(c2=O)Cc2cc3c([Si](C)(COC(C)=O)C(C)(C)C)cccc3nc2-1. The number of nitrogens with zero attached hydrogens (tertiary/aromatic N) is 2. The van der Waals surface area contributed by atoms with Crippen molar-refractivity contribution < 1.29 is 24.2 Å². The van der Waals surface area contributed by atoms with Crippen LogP contribution >= 0.6 is 0 Å². The van der Waals surface area contributed by atoms with Gasteiger partial charge in [-0.25, -0.2) is 9.78 Å². The highest BCUT2D eigenvalue weighted by molar-refractivity contribution is 6.94. The van der Waals surface area contributed by atoms with Crippen molar-refractivity contribution in [2.75, 3.05) is 6.23 Å². The molecule has 0 amide bonds. The van der Waals surface area contributed by atoms with Crippen LogP contribution in [-0.4, -0.2) is 40.9 Å². The van der Waals surface area contributed by atoms with E-state index in [9.17, 15) is 19.5 Å². The fourth-order valence-electron chi connectivity index (χ4n) is 5.43. The third-order valence-corrected chi connectivity index (χ3v) is 14.0. The van der Waals surface area contributed by atoms with E-state index in [1.165, 1.54) is 6.92 Å². The molecule has 0 saturated heterocycles. The zero-order valence-corrected chi connectivity index (χ0v) is 23.1. The van der Waals surface area contributed by atoms with Gasteiger partial charge in [0.25, 0.3) is 5.56 Å². The lowest BCUT2D eigenvalue weighted by Gasteiger charge is -2.40. The zero-order valence-electron chi connectivity index (χ0n) is 22.1. The standard InChI is InChI=1S/C28H32N2O6Si/c1-7-28(34)20-12-22-24-17(13-30(22)25(32)19(20)14-35-26(28)33)11-18-21(29-24)9-8-10-23(18)37(6,27(3,4)5)15-36-16(2)31/h8-12,34H,7,13-15H2,1-6H3/t28-,37?/m0/s1. The van der Waals surface area contributed by atoms with Gasteiger partial charge >= 0.3 is 11.9 Å². The second kappa shape index (κ2) is 8.36. The minimum Gasteiger partial charge on any atom is -0.469 e. The topological polar surface area (TPSA) is 108 Å². The number of aliphatic hydroxyl groups is 1. The number of cyclic esters (lactones) is 1. The summed E-state index contributed by atoms with van der Waals surface area (Å²) >= 11 is 0. The van der Waals surface area contributed by atoms with Crippen molar-refractivity contribution >= 4 is 36.1 Å². The highest BCUT2D eigenvalue weighted by Gasteiger charge is 2.46. The second-order valence-corrected chi connectivity index (χ2v) is 16.3. The van der Waals surface area contributed by atoms with Gasteiger partial charge in [0, 0.05) is 18.1 Å². The van der Waals surface area contributed by atoms with Gasteiger partial charge in [-0.3, -0.25) is 9.59 Å². The molecule has 1 aromatic carbocycles. The Morgan fingerprint density at radius 3 is 2.65 bits per heavy atom. The van der Waals surface area contributed by atoms with Crippen LogP contribution in [-0.2, 0) is 37.8 Å². The number of hydrogen-bond donors (Lipinski definition) is 1. The van der Waals surface area contributed by atoms with Crippen LogP contribution in [0.15, 0.2) is 35.1 Å². The number of carbonyl (C=O) groups excluding carboxylic acids is 2. The Hall–Kier alpha value is -3.30. The molecule has 2 aliphatic rings. The molecule has 37 heavy (non-hydrogen) atoms. The number of benzene rings is 1. The third-order valence-electron chi connectivity index (χ3n) is 8.37. The van der Waals surface area contributed by atoms with Crippen molar-refractivity contribution in [2.45, 2.75) is 71.4 Å². The van der Waals surface area contributed by atoms with E-state index in [-0.39, 0.29) is 29.6 Å². The summed E-state index contributed by atoms with van der Waals surface area (Å²) in [6.07, 6.45) is 0.458. The minimum atomic E-state index is -2.37. The smallest absolute Gasteiger partial charge is 0.343 e. The Balaban J connectivity index is 1.71. The summed E-state index contributed by atoms with van der Waals surface area (Å²) in [5.74, 6) is -1.03. The van der Waals surface area contributed by atoms with Gasteiger partial charge in [0.2, 0.25) is 0 Å². The van der Waals surface area contributed by atoms with Crippen molar-refractivity contribution in [2.24, 2.45) is 0 Å². The lowest BCUT2D eigenvalue weighted by molar-refractivity contribution is -0.172. The first-order chi connectivity index (χ1) is 17.3. The van der Waals surface area contributed by atoms with Crippen LogP contribution in [0.5, 0.6) is 0 Å². The molecule has 5 rings (SSSR count). The largest absolute Gasteiger partial charge is 0.469 e. The number of esters is 2. The van der Waals surface area contributed by atoms with Crippen LogP contribution in [0.25, 0.3) is 22.3 Å². The van der Waals surface area contributed by atoms with Crippen LogP contribution in [0.4, 0.5) is 0 Å². The molecule has 2 aromatic heterocycles. The Kier molecular flexibility index (Phi) is 5.73. The first kappa shape index (κ1) is 25.4. The summed E-state index contributed by atoms with van der Waals surface area (Å²) in [5.41, 5.74) is 1.41. The summed E-state index contributed by atoms with van der Waals surface area (Å²) in [4.78, 5) is 42.6. The Bertz CT molecular complexity index is 1540. The molecule has 0 bridgehead atoms. The van der Waals surface area contributed by atoms with Crippen molar-refractivity contribution in [1.82, 2.24) is 9.55 Å². The normalized spacial score (nSPS) is 20.0. The molecule has 9 heteroatoms. The molecule has 1 unspecified atom stereocenters. The summed E-state index contributed by atoms with van der Waals surface area (Å²) < 4.78 is 12.4. The van der Waals surface area contributed by atoms with Crippen molar-refractivity contribution in [3.05, 3.63) is 57.4 Å². The maximum Gasteiger partial charge on any atom is 0.343 e. The molecule has 8 nitrogen and oxygen atoms in total. The predicted molar refractivity (Wildman–Crippen MR) is 142 cm³/mol. The zero-order chi connectivity index (χ0) is 26.9. The molecule has 0 radical (unpaired) electrons. The number of hydrogen-bond acceptors (Lipinski definition) is 7. The highest BCUT2D eigenvalue weighted by atomic mass is 28.3. The van der Waals surface area contributed by atoms with Crippen molar-refractivity contribution in [3.63, 3.8) is 0 Å². The molecule has 2 aliphatic heterocycles. The van der Waals surface area contributed by atoms with Gasteiger partial charge in [0.1, 0.15) is 14.7 Å². The van der Waals surface area contributed by atoms with E-state index in [1.54, 1.807) is 17.6 Å². The van der Waals surface area contributed by atoms with E-state index < -0.39 is 19.6 Å². The fourth-order valence-corrected chi connectivity index (χ4v) is 8.58. The lowest BCUT2D eigenvalue weighted by Crippen LogP contribution is -2.57.